The molecular formula is C29H46N4O4. The van der Waals surface area contributed by atoms with Crippen molar-refractivity contribution in [3.63, 3.8) is 0 Å². The van der Waals surface area contributed by atoms with Gasteiger partial charge in [-0.2, -0.15) is 0 Å². The molecule has 0 radical (unpaired) electrons. The van der Waals surface area contributed by atoms with Gasteiger partial charge < -0.3 is 16.0 Å². The first-order valence-corrected chi connectivity index (χ1v) is 13.8. The van der Waals surface area contributed by atoms with Crippen LogP contribution in [0.5, 0.6) is 0 Å². The van der Waals surface area contributed by atoms with E-state index in [2.05, 4.69) is 4.99 Å². The molecule has 0 heterocycles. The topological polar surface area (TPSA) is 120 Å². The summed E-state index contributed by atoms with van der Waals surface area (Å²) >= 11 is 0. The van der Waals surface area contributed by atoms with Crippen molar-refractivity contribution in [2.45, 2.75) is 103 Å². The van der Waals surface area contributed by atoms with Crippen LogP contribution in [-0.4, -0.2) is 54.0 Å². The summed E-state index contributed by atoms with van der Waals surface area (Å²) in [4.78, 5) is 45.8. The molecule has 8 nitrogen and oxygen atoms in total. The van der Waals surface area contributed by atoms with E-state index in [-0.39, 0.29) is 25.2 Å². The molecule has 1 aromatic carbocycles. The van der Waals surface area contributed by atoms with Crippen LogP contribution in [0.1, 0.15) is 84.1 Å². The number of aliphatic imine (C=N–C) groups is 1. The van der Waals surface area contributed by atoms with E-state index in [1.165, 1.54) is 6.42 Å². The van der Waals surface area contributed by atoms with E-state index in [1.807, 2.05) is 51.1 Å². The minimum absolute atomic E-state index is 0.0208. The third kappa shape index (κ3) is 9.43. The summed E-state index contributed by atoms with van der Waals surface area (Å²) in [5.74, 6) is -1.41. The van der Waals surface area contributed by atoms with Gasteiger partial charge in [0.15, 0.2) is 6.04 Å². The summed E-state index contributed by atoms with van der Waals surface area (Å²) < 4.78 is 0. The van der Waals surface area contributed by atoms with Gasteiger partial charge in [-0.15, -0.1) is 0 Å². The number of hydrogen-bond acceptors (Lipinski definition) is 6. The molecule has 1 aliphatic carbocycles. The number of nitrogens with two attached hydrogens (primary N) is 1. The predicted octanol–water partition coefficient (Wildman–Crippen LogP) is 3.08. The van der Waals surface area contributed by atoms with Gasteiger partial charge >= 0.3 is 5.91 Å². The van der Waals surface area contributed by atoms with Crippen LogP contribution in [0.25, 0.3) is 0 Å². The summed E-state index contributed by atoms with van der Waals surface area (Å²) in [6.45, 7) is 5.63. The number of quaternary nitrogens is 1. The van der Waals surface area contributed by atoms with E-state index in [9.17, 15) is 19.6 Å². The van der Waals surface area contributed by atoms with Crippen LogP contribution < -0.4 is 10.8 Å². The fraction of sp³-hybridized carbons (Fsp3) is 0.655. The first-order valence-electron chi connectivity index (χ1n) is 13.8. The number of carbonyl (C=O) groups excluding carboxylic acids is 3. The number of imide groups is 1. The SMILES string of the molecule is CCC[C@@H](C(=O)[NH+]([O-])[C@H](C=NC)CC1CCCCC1)N(C(=O)CC(C)C)C(=O)[C@@H](N)Cc1ccccc1. The third-order valence-corrected chi connectivity index (χ3v) is 7.10. The van der Waals surface area contributed by atoms with Crippen LogP contribution in [0.4, 0.5) is 0 Å². The minimum atomic E-state index is -1.16. The maximum absolute atomic E-state index is 13.7. The first kappa shape index (κ1) is 30.8. The Bertz CT molecular complexity index is 883. The molecule has 1 saturated carbocycles. The van der Waals surface area contributed by atoms with Crippen molar-refractivity contribution in [2.75, 3.05) is 7.05 Å². The van der Waals surface area contributed by atoms with Gasteiger partial charge in [0.25, 0.3) is 0 Å². The van der Waals surface area contributed by atoms with E-state index in [4.69, 9.17) is 5.73 Å². The van der Waals surface area contributed by atoms with Gasteiger partial charge in [-0.3, -0.25) is 19.5 Å². The van der Waals surface area contributed by atoms with Crippen molar-refractivity contribution in [3.05, 3.63) is 41.1 Å². The maximum Gasteiger partial charge on any atom is 0.335 e. The summed E-state index contributed by atoms with van der Waals surface area (Å²) in [7, 11) is 1.60. The first-order chi connectivity index (χ1) is 17.7. The van der Waals surface area contributed by atoms with Gasteiger partial charge in [-0.1, -0.05) is 89.6 Å². The second-order valence-corrected chi connectivity index (χ2v) is 10.8. The van der Waals surface area contributed by atoms with Gasteiger partial charge in [0, 0.05) is 19.9 Å². The quantitative estimate of drug-likeness (QED) is 0.310. The molecule has 4 atom stereocenters. The molecule has 206 valence electrons. The van der Waals surface area contributed by atoms with Gasteiger partial charge in [0.05, 0.1) is 12.3 Å². The van der Waals surface area contributed by atoms with Crippen LogP contribution in [0.15, 0.2) is 35.3 Å². The summed E-state index contributed by atoms with van der Waals surface area (Å²) in [6.07, 6.45) is 8.75. The zero-order chi connectivity index (χ0) is 27.4. The lowest BCUT2D eigenvalue weighted by molar-refractivity contribution is -0.783. The van der Waals surface area contributed by atoms with Crippen LogP contribution in [0, 0.1) is 17.0 Å². The fourth-order valence-electron chi connectivity index (χ4n) is 5.23. The monoisotopic (exact) mass is 514 g/mol. The third-order valence-electron chi connectivity index (χ3n) is 7.10. The van der Waals surface area contributed by atoms with E-state index in [0.29, 0.717) is 18.8 Å². The van der Waals surface area contributed by atoms with Crippen LogP contribution in [-0.2, 0) is 20.8 Å². The van der Waals surface area contributed by atoms with E-state index in [1.54, 1.807) is 13.3 Å². The molecule has 0 bridgehead atoms. The maximum atomic E-state index is 13.7. The number of nitrogens with zero attached hydrogens (tertiary/aromatic N) is 2. The molecule has 0 spiro atoms. The Hall–Kier alpha value is -2.42. The molecule has 1 aliphatic rings. The largest absolute Gasteiger partial charge is 0.626 e. The molecule has 0 saturated heterocycles. The Morgan fingerprint density at radius 1 is 1.16 bits per heavy atom. The molecule has 1 fully saturated rings. The number of nitrogens with one attached hydrogen (secondary N) is 1. The van der Waals surface area contributed by atoms with Gasteiger partial charge in [0.2, 0.25) is 11.8 Å². The zero-order valence-corrected chi connectivity index (χ0v) is 23.0. The molecular weight excluding hydrogens is 468 g/mol. The molecule has 8 heteroatoms. The lowest BCUT2D eigenvalue weighted by atomic mass is 9.85. The Labute approximate surface area is 222 Å². The number of hydroxylamine groups is 2. The standard InChI is InChI=1S/C29H46N4O4/c1-5-12-26(29(36)33(37)24(20-31-4)18-22-13-8-6-9-14-22)32(27(34)17-21(2)3)28(35)25(30)19-23-15-10-7-11-16-23/h7,10-11,15-16,20-22,24-26,33H,5-6,8-9,12-14,17-19,30H2,1-4H3/t24-,25-,26-/m0/s1. The van der Waals surface area contributed by atoms with E-state index in [0.717, 1.165) is 36.1 Å². The van der Waals surface area contributed by atoms with E-state index < -0.39 is 40.9 Å². The number of carbonyl (C=O) groups is 3. The average Bonchev–Trinajstić information content (AvgIpc) is 2.88. The van der Waals surface area contributed by atoms with Crippen molar-refractivity contribution >= 4 is 23.9 Å². The highest BCUT2D eigenvalue weighted by Crippen LogP contribution is 2.26. The number of benzene rings is 1. The lowest BCUT2D eigenvalue weighted by Gasteiger charge is -2.36. The summed E-state index contributed by atoms with van der Waals surface area (Å²) in [6, 6.07) is 6.52. The Morgan fingerprint density at radius 3 is 2.38 bits per heavy atom. The van der Waals surface area contributed by atoms with Crippen LogP contribution >= 0.6 is 0 Å². The Morgan fingerprint density at radius 2 is 1.81 bits per heavy atom. The average molecular weight is 515 g/mol. The predicted molar refractivity (Wildman–Crippen MR) is 147 cm³/mol. The zero-order valence-electron chi connectivity index (χ0n) is 23.0. The van der Waals surface area contributed by atoms with Gasteiger partial charge in [-0.05, 0) is 30.2 Å². The molecule has 1 unspecified atom stereocenters. The van der Waals surface area contributed by atoms with Crippen molar-refractivity contribution < 1.29 is 19.4 Å². The van der Waals surface area contributed by atoms with Crippen molar-refractivity contribution in [1.29, 1.82) is 0 Å². The summed E-state index contributed by atoms with van der Waals surface area (Å²) in [5, 5.41) is 13.0. The number of amides is 3. The van der Waals surface area contributed by atoms with Crippen molar-refractivity contribution in [2.24, 2.45) is 22.6 Å². The van der Waals surface area contributed by atoms with E-state index >= 15 is 0 Å². The lowest BCUT2D eigenvalue weighted by Crippen LogP contribution is -3.16. The molecule has 2 rings (SSSR count). The Balaban J connectivity index is 2.33. The normalized spacial score (nSPS) is 17.9. The molecule has 3 amide bonds. The highest BCUT2D eigenvalue weighted by atomic mass is 16.5. The number of rotatable bonds is 13. The molecule has 3 N–H and O–H groups in total. The second kappa shape index (κ2) is 15.7. The molecule has 37 heavy (non-hydrogen) atoms. The molecule has 0 aromatic heterocycles. The summed E-state index contributed by atoms with van der Waals surface area (Å²) in [5.41, 5.74) is 7.16. The molecule has 1 aromatic rings. The Kier molecular flexibility index (Phi) is 13.1. The van der Waals surface area contributed by atoms with Gasteiger partial charge in [-0.25, -0.2) is 4.79 Å². The smallest absolute Gasteiger partial charge is 0.335 e. The highest BCUT2D eigenvalue weighted by Gasteiger charge is 2.41. The van der Waals surface area contributed by atoms with Crippen LogP contribution in [0.3, 0.4) is 0 Å². The second-order valence-electron chi connectivity index (χ2n) is 10.8. The fourth-order valence-corrected chi connectivity index (χ4v) is 5.23. The van der Waals surface area contributed by atoms with Crippen molar-refractivity contribution in [3.8, 4) is 0 Å². The molecule has 0 aliphatic heterocycles. The minimum Gasteiger partial charge on any atom is -0.626 e. The van der Waals surface area contributed by atoms with Crippen LogP contribution in [0.2, 0.25) is 0 Å². The van der Waals surface area contributed by atoms with Crippen molar-refractivity contribution in [1.82, 2.24) is 4.90 Å². The van der Waals surface area contributed by atoms with Gasteiger partial charge in [0.1, 0.15) is 6.04 Å². The number of hydrogen-bond donors (Lipinski definition) is 2. The highest BCUT2D eigenvalue weighted by molar-refractivity contribution is 6.01.